The topological polar surface area (TPSA) is 75.9 Å². The van der Waals surface area contributed by atoms with Crippen LogP contribution in [0.1, 0.15) is 25.3 Å². The zero-order chi connectivity index (χ0) is 12.5. The van der Waals surface area contributed by atoms with Crippen molar-refractivity contribution in [3.63, 3.8) is 0 Å². The molecule has 1 aromatic heterocycles. The molecule has 1 aromatic rings. The number of nitrogens with zero attached hydrogens (tertiary/aromatic N) is 2. The van der Waals surface area contributed by atoms with Gasteiger partial charge in [-0.3, -0.25) is 0 Å². The molecule has 0 aromatic carbocycles. The largest absolute Gasteiger partial charge is 0.370 e. The van der Waals surface area contributed by atoms with Crippen LogP contribution in [0.5, 0.6) is 0 Å². The van der Waals surface area contributed by atoms with E-state index in [2.05, 4.69) is 33.9 Å². The van der Waals surface area contributed by atoms with Crippen molar-refractivity contribution >= 4 is 23.4 Å². The maximum Gasteiger partial charge on any atom is 0.148 e. The number of thioether (sulfide) groups is 1. The molecule has 17 heavy (non-hydrogen) atoms. The van der Waals surface area contributed by atoms with E-state index < -0.39 is 0 Å². The molecule has 4 N–H and O–H groups in total. The summed E-state index contributed by atoms with van der Waals surface area (Å²) in [6, 6.07) is 0. The van der Waals surface area contributed by atoms with Crippen LogP contribution in [-0.2, 0) is 6.42 Å². The third-order valence-electron chi connectivity index (χ3n) is 2.40. The van der Waals surface area contributed by atoms with Crippen LogP contribution < -0.4 is 16.6 Å². The Kier molecular flexibility index (Phi) is 6.73. The summed E-state index contributed by atoms with van der Waals surface area (Å²) in [4.78, 5) is 8.41. The summed E-state index contributed by atoms with van der Waals surface area (Å²) in [6.07, 6.45) is 6.74. The van der Waals surface area contributed by atoms with Crippen LogP contribution in [0.3, 0.4) is 0 Å². The molecule has 0 amide bonds. The third-order valence-corrected chi connectivity index (χ3v) is 3.10. The number of nitrogen functional groups attached to an aromatic ring is 1. The van der Waals surface area contributed by atoms with Crippen LogP contribution >= 0.6 is 11.8 Å². The van der Waals surface area contributed by atoms with Gasteiger partial charge in [-0.2, -0.15) is 11.8 Å². The Bertz CT molecular complexity index is 332. The molecule has 0 atom stereocenters. The van der Waals surface area contributed by atoms with Gasteiger partial charge in [0.25, 0.3) is 0 Å². The third kappa shape index (κ3) is 4.40. The van der Waals surface area contributed by atoms with Crippen LogP contribution in [0.2, 0.25) is 0 Å². The van der Waals surface area contributed by atoms with Crippen molar-refractivity contribution in [3.8, 4) is 0 Å². The monoisotopic (exact) mass is 255 g/mol. The Balaban J connectivity index is 2.68. The van der Waals surface area contributed by atoms with Crippen molar-refractivity contribution in [2.45, 2.75) is 26.2 Å². The number of hydrogen-bond donors (Lipinski definition) is 3. The molecule has 0 radical (unpaired) electrons. The molecule has 0 saturated carbocycles. The summed E-state index contributed by atoms with van der Waals surface area (Å²) in [5, 5.41) is 3.35. The van der Waals surface area contributed by atoms with Crippen molar-refractivity contribution < 1.29 is 0 Å². The Hall–Kier alpha value is -1.01. The van der Waals surface area contributed by atoms with Crippen LogP contribution in [0, 0.1) is 0 Å². The van der Waals surface area contributed by atoms with Gasteiger partial charge < -0.3 is 10.7 Å². The fourth-order valence-corrected chi connectivity index (χ4v) is 2.03. The fraction of sp³-hybridized carbons (Fsp3) is 0.636. The molecular weight excluding hydrogens is 234 g/mol. The molecule has 0 bridgehead atoms. The van der Waals surface area contributed by atoms with Crippen molar-refractivity contribution in [1.29, 1.82) is 0 Å². The second kappa shape index (κ2) is 8.14. The van der Waals surface area contributed by atoms with Gasteiger partial charge in [0.1, 0.15) is 18.0 Å². The van der Waals surface area contributed by atoms with Gasteiger partial charge in [-0.1, -0.05) is 13.3 Å². The first-order valence-electron chi connectivity index (χ1n) is 5.86. The van der Waals surface area contributed by atoms with Gasteiger partial charge in [-0.15, -0.1) is 0 Å². The first-order chi connectivity index (χ1) is 8.33. The van der Waals surface area contributed by atoms with Gasteiger partial charge >= 0.3 is 0 Å². The lowest BCUT2D eigenvalue weighted by Gasteiger charge is -2.13. The van der Waals surface area contributed by atoms with Gasteiger partial charge in [0, 0.05) is 12.1 Å². The molecule has 1 heterocycles. The standard InChI is InChI=1S/C11H21N5S/c1-3-5-9-10(13-6-4-7-17-2)14-8-15-11(9)16-12/h8H,3-7,12H2,1-2H3,(H2,13,14,15,16). The fourth-order valence-electron chi connectivity index (χ4n) is 1.60. The summed E-state index contributed by atoms with van der Waals surface area (Å²) in [5.74, 6) is 8.23. The minimum atomic E-state index is 0.717. The number of hydrogen-bond acceptors (Lipinski definition) is 6. The van der Waals surface area contributed by atoms with Gasteiger partial charge in [0.05, 0.1) is 0 Å². The number of anilines is 2. The van der Waals surface area contributed by atoms with Gasteiger partial charge in [-0.25, -0.2) is 15.8 Å². The average Bonchev–Trinajstić information content (AvgIpc) is 2.36. The highest BCUT2D eigenvalue weighted by Gasteiger charge is 2.09. The number of rotatable bonds is 8. The quantitative estimate of drug-likeness (QED) is 0.374. The smallest absolute Gasteiger partial charge is 0.148 e. The van der Waals surface area contributed by atoms with Crippen LogP contribution in [-0.4, -0.2) is 28.5 Å². The molecule has 96 valence electrons. The van der Waals surface area contributed by atoms with E-state index in [1.807, 2.05) is 11.8 Å². The predicted molar refractivity (Wildman–Crippen MR) is 75.3 cm³/mol. The van der Waals surface area contributed by atoms with E-state index in [4.69, 9.17) is 5.84 Å². The van der Waals surface area contributed by atoms with Crippen molar-refractivity contribution in [3.05, 3.63) is 11.9 Å². The summed E-state index contributed by atoms with van der Waals surface area (Å²) in [5.41, 5.74) is 3.70. The Morgan fingerprint density at radius 2 is 2.12 bits per heavy atom. The molecule has 0 aliphatic heterocycles. The minimum absolute atomic E-state index is 0.717. The number of hydrazine groups is 1. The molecule has 0 saturated heterocycles. The summed E-state index contributed by atoms with van der Waals surface area (Å²) in [7, 11) is 0. The van der Waals surface area contributed by atoms with E-state index in [-0.39, 0.29) is 0 Å². The lowest BCUT2D eigenvalue weighted by molar-refractivity contribution is 0.890. The number of aromatic nitrogens is 2. The van der Waals surface area contributed by atoms with Crippen molar-refractivity contribution in [1.82, 2.24) is 9.97 Å². The summed E-state index contributed by atoms with van der Waals surface area (Å²) >= 11 is 1.85. The summed E-state index contributed by atoms with van der Waals surface area (Å²) < 4.78 is 0. The number of nitrogens with one attached hydrogen (secondary N) is 2. The Labute approximate surface area is 107 Å². The normalized spacial score (nSPS) is 10.3. The zero-order valence-corrected chi connectivity index (χ0v) is 11.3. The average molecular weight is 255 g/mol. The van der Waals surface area contributed by atoms with Gasteiger partial charge in [-0.05, 0) is 24.9 Å². The van der Waals surface area contributed by atoms with Gasteiger partial charge in [0.15, 0.2) is 0 Å². The molecule has 6 heteroatoms. The molecule has 0 spiro atoms. The molecule has 0 fully saturated rings. The van der Waals surface area contributed by atoms with E-state index in [0.717, 1.165) is 42.9 Å². The first-order valence-corrected chi connectivity index (χ1v) is 7.26. The van der Waals surface area contributed by atoms with Crippen LogP contribution in [0.15, 0.2) is 6.33 Å². The molecule has 0 aliphatic rings. The molecule has 1 rings (SSSR count). The molecular formula is C11H21N5S. The van der Waals surface area contributed by atoms with E-state index in [1.54, 1.807) is 0 Å². The highest BCUT2D eigenvalue weighted by atomic mass is 32.2. The van der Waals surface area contributed by atoms with Crippen LogP contribution in [0.4, 0.5) is 11.6 Å². The van der Waals surface area contributed by atoms with Crippen LogP contribution in [0.25, 0.3) is 0 Å². The predicted octanol–water partition coefficient (Wildman–Crippen LogP) is 1.88. The van der Waals surface area contributed by atoms with Gasteiger partial charge in [0.2, 0.25) is 0 Å². The molecule has 0 unspecified atom stereocenters. The Morgan fingerprint density at radius 3 is 2.76 bits per heavy atom. The Morgan fingerprint density at radius 1 is 1.35 bits per heavy atom. The van der Waals surface area contributed by atoms with E-state index in [1.165, 1.54) is 6.33 Å². The zero-order valence-electron chi connectivity index (χ0n) is 10.5. The molecule has 0 aliphatic carbocycles. The van der Waals surface area contributed by atoms with E-state index in [9.17, 15) is 0 Å². The number of nitrogens with two attached hydrogens (primary N) is 1. The maximum atomic E-state index is 5.45. The second-order valence-electron chi connectivity index (χ2n) is 3.72. The first kappa shape index (κ1) is 14.1. The minimum Gasteiger partial charge on any atom is -0.370 e. The SMILES string of the molecule is CCCc1c(NN)ncnc1NCCCSC. The second-order valence-corrected chi connectivity index (χ2v) is 4.70. The lowest BCUT2D eigenvalue weighted by Crippen LogP contribution is -2.15. The summed E-state index contributed by atoms with van der Waals surface area (Å²) in [6.45, 7) is 3.06. The van der Waals surface area contributed by atoms with E-state index in [0.29, 0.717) is 5.82 Å². The van der Waals surface area contributed by atoms with Crippen molar-refractivity contribution in [2.24, 2.45) is 5.84 Å². The highest BCUT2D eigenvalue weighted by molar-refractivity contribution is 7.98. The highest BCUT2D eigenvalue weighted by Crippen LogP contribution is 2.20. The molecule has 5 nitrogen and oxygen atoms in total. The maximum absolute atomic E-state index is 5.45. The van der Waals surface area contributed by atoms with Crippen molar-refractivity contribution in [2.75, 3.05) is 29.3 Å². The lowest BCUT2D eigenvalue weighted by atomic mass is 10.1. The van der Waals surface area contributed by atoms with E-state index >= 15 is 0 Å².